The maximum atomic E-state index is 9.74. The van der Waals surface area contributed by atoms with Gasteiger partial charge in [0, 0.05) is 28.4 Å². The predicted octanol–water partition coefficient (Wildman–Crippen LogP) is 6.49. The summed E-state index contributed by atoms with van der Waals surface area (Å²) in [6.07, 6.45) is 1.94. The van der Waals surface area contributed by atoms with Gasteiger partial charge in [-0.15, -0.1) is 11.3 Å². The van der Waals surface area contributed by atoms with Crippen LogP contribution in [-0.4, -0.2) is 9.55 Å². The van der Waals surface area contributed by atoms with E-state index in [2.05, 4.69) is 65.0 Å². The highest BCUT2D eigenvalue weighted by atomic mass is 32.1. The van der Waals surface area contributed by atoms with Gasteiger partial charge in [0.1, 0.15) is 11.1 Å². The van der Waals surface area contributed by atoms with Crippen LogP contribution in [0.4, 0.5) is 0 Å². The number of nitriles is 1. The molecule has 3 aromatic carbocycles. The first-order valence-corrected chi connectivity index (χ1v) is 10.1. The van der Waals surface area contributed by atoms with Crippen molar-refractivity contribution >= 4 is 55.0 Å². The molecule has 2 aromatic heterocycles. The van der Waals surface area contributed by atoms with E-state index in [9.17, 15) is 5.26 Å². The fourth-order valence-corrected chi connectivity index (χ4v) is 4.73. The Hall–Kier alpha value is -3.42. The lowest BCUT2D eigenvalue weighted by molar-refractivity contribution is 0.827. The number of hydrogen-bond donors (Lipinski definition) is 0. The molecule has 0 bridgehead atoms. The van der Waals surface area contributed by atoms with E-state index in [4.69, 9.17) is 0 Å². The number of para-hydroxylation sites is 2. The fourth-order valence-electron chi connectivity index (χ4n) is 3.80. The van der Waals surface area contributed by atoms with E-state index >= 15 is 0 Å². The molecule has 0 aliphatic carbocycles. The van der Waals surface area contributed by atoms with Crippen molar-refractivity contribution in [3.63, 3.8) is 0 Å². The Morgan fingerprint density at radius 1 is 1.04 bits per heavy atom. The molecule has 28 heavy (non-hydrogen) atoms. The number of aryl methyl sites for hydroxylation is 1. The average molecular weight is 379 g/mol. The average Bonchev–Trinajstić information content (AvgIpc) is 3.30. The predicted molar refractivity (Wildman–Crippen MR) is 118 cm³/mol. The van der Waals surface area contributed by atoms with Crippen LogP contribution in [0.5, 0.6) is 0 Å². The highest BCUT2D eigenvalue weighted by Gasteiger charge is 2.11. The Bertz CT molecular complexity index is 1380. The zero-order valence-corrected chi connectivity index (χ0v) is 16.2. The third kappa shape index (κ3) is 2.60. The highest BCUT2D eigenvalue weighted by Crippen LogP contribution is 2.32. The molecule has 5 rings (SSSR count). The van der Waals surface area contributed by atoms with Crippen molar-refractivity contribution in [1.82, 2.24) is 9.55 Å². The molecule has 0 spiro atoms. The van der Waals surface area contributed by atoms with E-state index in [-0.39, 0.29) is 0 Å². The number of benzene rings is 3. The number of hydrogen-bond acceptors (Lipinski definition) is 3. The third-order valence-electron chi connectivity index (χ3n) is 5.07. The van der Waals surface area contributed by atoms with Crippen LogP contribution in [0.15, 0.2) is 66.7 Å². The van der Waals surface area contributed by atoms with Crippen LogP contribution < -0.4 is 0 Å². The SMILES string of the molecule is CCn1c2ccccc2c2cc(/C=C(\C#N)c3nc4ccccc4s3)ccc21. The van der Waals surface area contributed by atoms with Crippen molar-refractivity contribution < 1.29 is 0 Å². The zero-order valence-electron chi connectivity index (χ0n) is 15.4. The lowest BCUT2D eigenvalue weighted by Crippen LogP contribution is -1.92. The number of allylic oxidation sites excluding steroid dienone is 1. The van der Waals surface area contributed by atoms with E-state index in [1.165, 1.54) is 21.8 Å². The molecule has 5 aromatic rings. The van der Waals surface area contributed by atoms with Crippen LogP contribution in [0.2, 0.25) is 0 Å². The molecule has 0 saturated heterocycles. The third-order valence-corrected chi connectivity index (χ3v) is 6.14. The van der Waals surface area contributed by atoms with Gasteiger partial charge in [-0.05, 0) is 48.9 Å². The zero-order chi connectivity index (χ0) is 19.1. The highest BCUT2D eigenvalue weighted by molar-refractivity contribution is 7.19. The molecule has 0 atom stereocenters. The van der Waals surface area contributed by atoms with Crippen LogP contribution in [0.3, 0.4) is 0 Å². The van der Waals surface area contributed by atoms with E-state index < -0.39 is 0 Å². The summed E-state index contributed by atoms with van der Waals surface area (Å²) >= 11 is 1.56. The Morgan fingerprint density at radius 3 is 2.64 bits per heavy atom. The number of rotatable bonds is 3. The largest absolute Gasteiger partial charge is 0.341 e. The minimum absolute atomic E-state index is 0.597. The Kier molecular flexibility index (Phi) is 3.96. The monoisotopic (exact) mass is 379 g/mol. The van der Waals surface area contributed by atoms with Crippen molar-refractivity contribution in [1.29, 1.82) is 5.26 Å². The second-order valence-corrected chi connectivity index (χ2v) is 7.73. The second kappa shape index (κ2) is 6.63. The molecular formula is C24H17N3S. The van der Waals surface area contributed by atoms with Crippen molar-refractivity contribution in [2.24, 2.45) is 0 Å². The lowest BCUT2D eigenvalue weighted by atomic mass is 10.1. The lowest BCUT2D eigenvalue weighted by Gasteiger charge is -2.03. The number of nitrogens with zero attached hydrogens (tertiary/aromatic N) is 3. The van der Waals surface area contributed by atoms with Gasteiger partial charge in [0.05, 0.1) is 15.8 Å². The van der Waals surface area contributed by atoms with Gasteiger partial charge in [0.2, 0.25) is 0 Å². The first-order valence-electron chi connectivity index (χ1n) is 9.27. The van der Waals surface area contributed by atoms with Gasteiger partial charge in [0.25, 0.3) is 0 Å². The smallest absolute Gasteiger partial charge is 0.135 e. The normalized spacial score (nSPS) is 12.1. The van der Waals surface area contributed by atoms with Crippen LogP contribution >= 0.6 is 11.3 Å². The molecule has 4 heteroatoms. The number of aromatic nitrogens is 2. The molecule has 0 radical (unpaired) electrons. The van der Waals surface area contributed by atoms with Gasteiger partial charge < -0.3 is 4.57 Å². The first-order chi connectivity index (χ1) is 13.8. The van der Waals surface area contributed by atoms with Gasteiger partial charge >= 0.3 is 0 Å². The molecule has 0 aliphatic heterocycles. The van der Waals surface area contributed by atoms with Crippen molar-refractivity contribution in [3.05, 3.63) is 77.3 Å². The molecule has 0 amide bonds. The van der Waals surface area contributed by atoms with Crippen LogP contribution in [0.25, 0.3) is 43.7 Å². The summed E-state index contributed by atoms with van der Waals surface area (Å²) in [4.78, 5) is 4.63. The molecule has 0 fully saturated rings. The van der Waals surface area contributed by atoms with E-state index in [0.29, 0.717) is 5.57 Å². The molecular weight excluding hydrogens is 362 g/mol. The maximum absolute atomic E-state index is 9.74. The summed E-state index contributed by atoms with van der Waals surface area (Å²) in [6.45, 7) is 3.09. The summed E-state index contributed by atoms with van der Waals surface area (Å²) in [5, 5.41) is 13.0. The van der Waals surface area contributed by atoms with Gasteiger partial charge in [-0.2, -0.15) is 5.26 Å². The van der Waals surface area contributed by atoms with E-state index in [0.717, 1.165) is 27.3 Å². The van der Waals surface area contributed by atoms with Crippen molar-refractivity contribution in [3.8, 4) is 6.07 Å². The Labute approximate surface area is 166 Å². The molecule has 134 valence electrons. The van der Waals surface area contributed by atoms with E-state index in [1.54, 1.807) is 11.3 Å². The first kappa shape index (κ1) is 16.7. The van der Waals surface area contributed by atoms with Crippen molar-refractivity contribution in [2.45, 2.75) is 13.5 Å². The Balaban J connectivity index is 1.67. The number of thiazole rings is 1. The second-order valence-electron chi connectivity index (χ2n) is 6.69. The maximum Gasteiger partial charge on any atom is 0.135 e. The summed E-state index contributed by atoms with van der Waals surface area (Å²) in [5.74, 6) is 0. The summed E-state index contributed by atoms with van der Waals surface area (Å²) in [5.41, 5.74) is 5.01. The number of fused-ring (bicyclic) bond motifs is 4. The topological polar surface area (TPSA) is 41.6 Å². The molecule has 3 nitrogen and oxygen atoms in total. The van der Waals surface area contributed by atoms with Gasteiger partial charge in [-0.1, -0.05) is 36.4 Å². The van der Waals surface area contributed by atoms with Crippen LogP contribution in [-0.2, 0) is 6.54 Å². The van der Waals surface area contributed by atoms with Crippen LogP contribution in [0.1, 0.15) is 17.5 Å². The summed E-state index contributed by atoms with van der Waals surface area (Å²) < 4.78 is 3.43. The van der Waals surface area contributed by atoms with Gasteiger partial charge in [-0.3, -0.25) is 0 Å². The molecule has 2 heterocycles. The molecule has 0 unspecified atom stereocenters. The summed E-state index contributed by atoms with van der Waals surface area (Å²) in [6, 6.07) is 25.2. The minimum atomic E-state index is 0.597. The van der Waals surface area contributed by atoms with Crippen LogP contribution in [0, 0.1) is 11.3 Å². The molecule has 0 saturated carbocycles. The standard InChI is InChI=1S/C24H17N3S/c1-2-27-21-9-5-3-7-18(21)19-14-16(11-12-22(19)27)13-17(15-25)24-26-20-8-4-6-10-23(20)28-24/h3-14H,2H2,1H3/b17-13+. The summed E-state index contributed by atoms with van der Waals surface area (Å²) in [7, 11) is 0. The quantitative estimate of drug-likeness (QED) is 0.336. The van der Waals surface area contributed by atoms with Gasteiger partial charge in [-0.25, -0.2) is 4.98 Å². The Morgan fingerprint density at radius 2 is 1.82 bits per heavy atom. The van der Waals surface area contributed by atoms with Gasteiger partial charge in [0.15, 0.2) is 0 Å². The molecule has 0 N–H and O–H groups in total. The van der Waals surface area contributed by atoms with E-state index in [1.807, 2.05) is 30.3 Å². The van der Waals surface area contributed by atoms with Crippen molar-refractivity contribution in [2.75, 3.05) is 0 Å². The molecule has 0 aliphatic rings. The fraction of sp³-hybridized carbons (Fsp3) is 0.0833. The minimum Gasteiger partial charge on any atom is -0.341 e.